The largest absolute Gasteiger partial charge is 0.496 e. The Balaban J connectivity index is 1.53. The van der Waals surface area contributed by atoms with Crippen LogP contribution in [0, 0.1) is 5.82 Å². The molecule has 0 amide bonds. The maximum absolute atomic E-state index is 13.7. The average Bonchev–Trinajstić information content (AvgIpc) is 3.36. The van der Waals surface area contributed by atoms with Crippen molar-refractivity contribution in [2.24, 2.45) is 0 Å². The standard InChI is InChI=1S/C25H18FN3O2S2/c1-31-23-15-17(16-3-2-4-19(26)13-16)5-7-22(23)24-21-8-6-20(14-18(21)9-10-27-24)33(30)29-25-28-11-12-32-25/h2-15H,1H3,(H,28,29). The molecule has 5 rings (SSSR count). The number of halogens is 1. The van der Waals surface area contributed by atoms with Gasteiger partial charge in [0.05, 0.1) is 17.7 Å². The van der Waals surface area contributed by atoms with Gasteiger partial charge in [-0.3, -0.25) is 9.71 Å². The molecular weight excluding hydrogens is 457 g/mol. The molecule has 0 bridgehead atoms. The number of nitrogens with zero attached hydrogens (tertiary/aromatic N) is 2. The SMILES string of the molecule is COc1cc(-c2cccc(F)c2)ccc1-c1nccc2cc(S(=O)Nc3nccs3)ccc12. The second-order valence-corrected chi connectivity index (χ2v) is 9.28. The van der Waals surface area contributed by atoms with Gasteiger partial charge in [0.2, 0.25) is 0 Å². The predicted octanol–water partition coefficient (Wildman–Crippen LogP) is 6.31. The molecule has 0 aliphatic carbocycles. The normalized spacial score (nSPS) is 11.9. The van der Waals surface area contributed by atoms with Gasteiger partial charge < -0.3 is 4.74 Å². The van der Waals surface area contributed by atoms with Crippen LogP contribution in [0.5, 0.6) is 5.75 Å². The second kappa shape index (κ2) is 9.09. The molecule has 0 aliphatic rings. The lowest BCUT2D eigenvalue weighted by molar-refractivity contribution is 0.416. The number of pyridine rings is 1. The van der Waals surface area contributed by atoms with E-state index in [1.807, 2.05) is 53.9 Å². The molecule has 5 aromatic rings. The summed E-state index contributed by atoms with van der Waals surface area (Å²) < 4.78 is 35.0. The molecule has 0 aliphatic heterocycles. The molecule has 0 spiro atoms. The Hall–Kier alpha value is -3.62. The van der Waals surface area contributed by atoms with Gasteiger partial charge in [-0.05, 0) is 59.0 Å². The minimum absolute atomic E-state index is 0.288. The first kappa shape index (κ1) is 21.2. The third kappa shape index (κ3) is 4.35. The van der Waals surface area contributed by atoms with E-state index in [1.165, 1.54) is 23.5 Å². The summed E-state index contributed by atoms with van der Waals surface area (Å²) in [6.45, 7) is 0. The lowest BCUT2D eigenvalue weighted by Gasteiger charge is -2.13. The monoisotopic (exact) mass is 475 g/mol. The van der Waals surface area contributed by atoms with Crippen molar-refractivity contribution in [1.82, 2.24) is 9.97 Å². The molecule has 8 heteroatoms. The lowest BCUT2D eigenvalue weighted by atomic mass is 9.99. The molecule has 1 unspecified atom stereocenters. The van der Waals surface area contributed by atoms with Gasteiger partial charge in [-0.2, -0.15) is 0 Å². The summed E-state index contributed by atoms with van der Waals surface area (Å²) in [5.74, 6) is 0.346. The van der Waals surface area contributed by atoms with Crippen LogP contribution in [0.2, 0.25) is 0 Å². The number of rotatable bonds is 6. The van der Waals surface area contributed by atoms with Crippen molar-refractivity contribution >= 4 is 38.2 Å². The van der Waals surface area contributed by atoms with Crippen molar-refractivity contribution in [3.63, 3.8) is 0 Å². The molecule has 1 N–H and O–H groups in total. The number of thiazole rings is 1. The summed E-state index contributed by atoms with van der Waals surface area (Å²) in [6.07, 6.45) is 3.38. The number of nitrogens with one attached hydrogen (secondary N) is 1. The summed E-state index contributed by atoms with van der Waals surface area (Å²) in [5, 5.41) is 4.24. The van der Waals surface area contributed by atoms with Crippen molar-refractivity contribution in [2.45, 2.75) is 4.90 Å². The fraction of sp³-hybridized carbons (Fsp3) is 0.0400. The van der Waals surface area contributed by atoms with Crippen molar-refractivity contribution < 1.29 is 13.3 Å². The zero-order valence-corrected chi connectivity index (χ0v) is 19.1. The molecular formula is C25H18FN3O2S2. The van der Waals surface area contributed by atoms with Gasteiger partial charge in [-0.15, -0.1) is 11.3 Å². The van der Waals surface area contributed by atoms with Crippen LogP contribution < -0.4 is 9.46 Å². The minimum atomic E-state index is -1.43. The molecule has 3 aromatic carbocycles. The summed E-state index contributed by atoms with van der Waals surface area (Å²) in [4.78, 5) is 9.36. The Morgan fingerprint density at radius 3 is 2.64 bits per heavy atom. The van der Waals surface area contributed by atoms with Gasteiger partial charge >= 0.3 is 0 Å². The number of fused-ring (bicyclic) bond motifs is 1. The zero-order chi connectivity index (χ0) is 22.8. The first-order chi connectivity index (χ1) is 16.1. The van der Waals surface area contributed by atoms with E-state index in [0.717, 1.165) is 33.2 Å². The highest BCUT2D eigenvalue weighted by Crippen LogP contribution is 2.37. The van der Waals surface area contributed by atoms with Gasteiger partial charge in [0, 0.05) is 28.7 Å². The fourth-order valence-corrected chi connectivity index (χ4v) is 5.18. The highest BCUT2D eigenvalue weighted by molar-refractivity contribution is 7.86. The van der Waals surface area contributed by atoms with Gasteiger partial charge in [-0.25, -0.2) is 13.6 Å². The van der Waals surface area contributed by atoms with E-state index in [4.69, 9.17) is 4.74 Å². The summed E-state index contributed by atoms with van der Waals surface area (Å²) in [5.41, 5.74) is 3.19. The van der Waals surface area contributed by atoms with Crippen LogP contribution in [0.4, 0.5) is 9.52 Å². The van der Waals surface area contributed by atoms with Crippen LogP contribution in [-0.2, 0) is 11.0 Å². The molecule has 5 nitrogen and oxygen atoms in total. The van der Waals surface area contributed by atoms with E-state index in [1.54, 1.807) is 25.6 Å². The van der Waals surface area contributed by atoms with Crippen molar-refractivity contribution in [1.29, 1.82) is 0 Å². The molecule has 0 radical (unpaired) electrons. The predicted molar refractivity (Wildman–Crippen MR) is 131 cm³/mol. The quantitative estimate of drug-likeness (QED) is 0.313. The molecule has 0 fully saturated rings. The molecule has 0 saturated heterocycles. The van der Waals surface area contributed by atoms with Gasteiger partial charge in [0.15, 0.2) is 16.1 Å². The Labute approximate surface area is 196 Å². The lowest BCUT2D eigenvalue weighted by Crippen LogP contribution is -2.04. The minimum Gasteiger partial charge on any atom is -0.496 e. The van der Waals surface area contributed by atoms with Gasteiger partial charge in [0.1, 0.15) is 11.6 Å². The first-order valence-corrected chi connectivity index (χ1v) is 12.1. The number of benzene rings is 3. The number of ether oxygens (including phenoxy) is 1. The van der Waals surface area contributed by atoms with E-state index in [9.17, 15) is 8.60 Å². The van der Waals surface area contributed by atoms with Crippen LogP contribution in [0.1, 0.15) is 0 Å². The molecule has 164 valence electrons. The third-order valence-corrected chi connectivity index (χ3v) is 7.06. The summed E-state index contributed by atoms with van der Waals surface area (Å²) in [6, 6.07) is 19.7. The first-order valence-electron chi connectivity index (χ1n) is 10.0. The highest BCUT2D eigenvalue weighted by atomic mass is 32.2. The Morgan fingerprint density at radius 1 is 0.970 bits per heavy atom. The van der Waals surface area contributed by atoms with E-state index < -0.39 is 11.0 Å². The van der Waals surface area contributed by atoms with Crippen LogP contribution >= 0.6 is 11.3 Å². The Bertz CT molecular complexity index is 1470. The van der Waals surface area contributed by atoms with Gasteiger partial charge in [-0.1, -0.05) is 24.3 Å². The van der Waals surface area contributed by atoms with Crippen molar-refractivity contribution in [3.05, 3.63) is 90.3 Å². The number of aromatic nitrogens is 2. The number of hydrogen-bond donors (Lipinski definition) is 1. The topological polar surface area (TPSA) is 64.1 Å². The fourth-order valence-electron chi connectivity index (χ4n) is 3.63. The number of methoxy groups -OCH3 is 1. The third-order valence-electron chi connectivity index (χ3n) is 5.18. The van der Waals surface area contributed by atoms with Crippen molar-refractivity contribution in [3.8, 4) is 28.1 Å². The maximum atomic E-state index is 13.7. The molecule has 1 atom stereocenters. The van der Waals surface area contributed by atoms with Crippen LogP contribution in [0.25, 0.3) is 33.2 Å². The molecule has 0 saturated carbocycles. The van der Waals surface area contributed by atoms with E-state index in [0.29, 0.717) is 15.8 Å². The molecule has 2 heterocycles. The second-order valence-electron chi connectivity index (χ2n) is 7.18. The van der Waals surface area contributed by atoms with E-state index in [2.05, 4.69) is 14.7 Å². The van der Waals surface area contributed by atoms with E-state index >= 15 is 0 Å². The molecule has 2 aromatic heterocycles. The highest BCUT2D eigenvalue weighted by Gasteiger charge is 2.14. The number of anilines is 1. The van der Waals surface area contributed by atoms with Crippen LogP contribution in [-0.4, -0.2) is 21.3 Å². The van der Waals surface area contributed by atoms with E-state index in [-0.39, 0.29) is 5.82 Å². The average molecular weight is 476 g/mol. The Kier molecular flexibility index (Phi) is 5.85. The summed E-state index contributed by atoms with van der Waals surface area (Å²) >= 11 is 1.39. The van der Waals surface area contributed by atoms with Crippen LogP contribution in [0.15, 0.2) is 89.4 Å². The Morgan fingerprint density at radius 2 is 1.85 bits per heavy atom. The van der Waals surface area contributed by atoms with Crippen molar-refractivity contribution in [2.75, 3.05) is 11.8 Å². The number of hydrogen-bond acceptors (Lipinski definition) is 5. The maximum Gasteiger partial charge on any atom is 0.194 e. The van der Waals surface area contributed by atoms with Gasteiger partial charge in [0.25, 0.3) is 0 Å². The zero-order valence-electron chi connectivity index (χ0n) is 17.5. The smallest absolute Gasteiger partial charge is 0.194 e. The summed E-state index contributed by atoms with van der Waals surface area (Å²) in [7, 11) is 0.172. The molecule has 33 heavy (non-hydrogen) atoms. The van der Waals surface area contributed by atoms with Crippen LogP contribution in [0.3, 0.4) is 0 Å².